The number of fused-ring (bicyclic) bond motifs is 1. The Morgan fingerprint density at radius 3 is 2.77 bits per heavy atom. The minimum atomic E-state index is -0.696. The molecule has 0 aliphatic carbocycles. The molecule has 7 nitrogen and oxygen atoms in total. The predicted octanol–water partition coefficient (Wildman–Crippen LogP) is 0.886. The lowest BCUT2D eigenvalue weighted by molar-refractivity contribution is 0.373. The van der Waals surface area contributed by atoms with Crippen molar-refractivity contribution in [1.29, 1.82) is 5.26 Å². The number of nitrogens with one attached hydrogen (secondary N) is 2. The predicted molar refractivity (Wildman–Crippen MR) is 86.1 cm³/mol. The maximum atomic E-state index is 12.2. The summed E-state index contributed by atoms with van der Waals surface area (Å²) in [6.45, 7) is 0. The highest BCUT2D eigenvalue weighted by Gasteiger charge is 2.34. The number of halogens is 1. The molecule has 1 aliphatic heterocycles. The van der Waals surface area contributed by atoms with E-state index >= 15 is 0 Å². The van der Waals surface area contributed by atoms with Crippen LogP contribution < -0.4 is 21.7 Å². The van der Waals surface area contributed by atoms with Crippen LogP contribution in [0.15, 0.2) is 45.3 Å². The second-order valence-corrected chi connectivity index (χ2v) is 5.88. The molecule has 1 atom stereocenters. The van der Waals surface area contributed by atoms with E-state index in [0.29, 0.717) is 5.56 Å². The van der Waals surface area contributed by atoms with E-state index in [1.54, 1.807) is 6.07 Å². The molecule has 2 heterocycles. The van der Waals surface area contributed by atoms with Crippen molar-refractivity contribution in [3.8, 4) is 11.9 Å². The van der Waals surface area contributed by atoms with Crippen molar-refractivity contribution in [3.63, 3.8) is 0 Å². The monoisotopic (exact) mass is 408 g/mol. The van der Waals surface area contributed by atoms with Crippen LogP contribution in [0.1, 0.15) is 17.0 Å². The molecule has 1 aromatic heterocycles. The Labute approximate surface area is 137 Å². The van der Waals surface area contributed by atoms with E-state index in [4.69, 9.17) is 10.5 Å². The van der Waals surface area contributed by atoms with E-state index in [1.807, 2.05) is 24.3 Å². The van der Waals surface area contributed by atoms with Gasteiger partial charge in [0.25, 0.3) is 5.56 Å². The van der Waals surface area contributed by atoms with Gasteiger partial charge in [0.05, 0.1) is 11.5 Å². The number of nitrogens with zero attached hydrogens (tertiary/aromatic N) is 1. The molecule has 4 N–H and O–H groups in total. The summed E-state index contributed by atoms with van der Waals surface area (Å²) in [5, 5.41) is 9.38. The van der Waals surface area contributed by atoms with Crippen LogP contribution in [-0.4, -0.2) is 9.97 Å². The molecular formula is C14H9IN4O3. The van der Waals surface area contributed by atoms with Gasteiger partial charge < -0.3 is 10.5 Å². The van der Waals surface area contributed by atoms with E-state index in [0.717, 1.165) is 3.57 Å². The van der Waals surface area contributed by atoms with Gasteiger partial charge in [0.2, 0.25) is 11.8 Å². The van der Waals surface area contributed by atoms with Crippen molar-refractivity contribution >= 4 is 22.6 Å². The maximum absolute atomic E-state index is 12.2. The molecular weight excluding hydrogens is 399 g/mol. The Kier molecular flexibility index (Phi) is 3.50. The minimum Gasteiger partial charge on any atom is -0.424 e. The van der Waals surface area contributed by atoms with Crippen LogP contribution in [0.5, 0.6) is 5.88 Å². The van der Waals surface area contributed by atoms with Gasteiger partial charge in [-0.05, 0) is 40.3 Å². The van der Waals surface area contributed by atoms with Gasteiger partial charge in [-0.3, -0.25) is 14.8 Å². The topological polar surface area (TPSA) is 125 Å². The highest BCUT2D eigenvalue weighted by molar-refractivity contribution is 14.1. The first-order valence-corrected chi connectivity index (χ1v) is 7.28. The lowest BCUT2D eigenvalue weighted by atomic mass is 9.85. The number of aromatic nitrogens is 2. The third-order valence-electron chi connectivity index (χ3n) is 3.30. The first-order chi connectivity index (χ1) is 10.5. The molecule has 0 saturated heterocycles. The number of hydrogen-bond acceptors (Lipinski definition) is 5. The molecule has 0 saturated carbocycles. The summed E-state index contributed by atoms with van der Waals surface area (Å²) in [5.74, 6) is -0.849. The van der Waals surface area contributed by atoms with Crippen molar-refractivity contribution in [2.24, 2.45) is 5.73 Å². The smallest absolute Gasteiger partial charge is 0.328 e. The number of H-pyrrole nitrogens is 2. The molecule has 1 unspecified atom stereocenters. The van der Waals surface area contributed by atoms with Crippen LogP contribution in [-0.2, 0) is 0 Å². The zero-order valence-electron chi connectivity index (χ0n) is 11.0. The molecule has 0 fully saturated rings. The molecule has 8 heteroatoms. The summed E-state index contributed by atoms with van der Waals surface area (Å²) in [4.78, 5) is 28.1. The lowest BCUT2D eigenvalue weighted by Crippen LogP contribution is -2.33. The Bertz CT molecular complexity index is 952. The minimum absolute atomic E-state index is 0.0332. The molecule has 0 spiro atoms. The number of aromatic amines is 2. The van der Waals surface area contributed by atoms with Gasteiger partial charge in [-0.15, -0.1) is 0 Å². The van der Waals surface area contributed by atoms with Gasteiger partial charge in [-0.25, -0.2) is 4.79 Å². The average molecular weight is 408 g/mol. The Morgan fingerprint density at radius 1 is 1.32 bits per heavy atom. The van der Waals surface area contributed by atoms with E-state index in [1.165, 1.54) is 0 Å². The van der Waals surface area contributed by atoms with Gasteiger partial charge in [-0.1, -0.05) is 12.1 Å². The number of nitriles is 1. The number of allylic oxidation sites excluding steroid dienone is 1. The first kappa shape index (κ1) is 14.4. The summed E-state index contributed by atoms with van der Waals surface area (Å²) in [7, 11) is 0. The lowest BCUT2D eigenvalue weighted by Gasteiger charge is -2.24. The van der Waals surface area contributed by atoms with Gasteiger partial charge in [0.1, 0.15) is 11.6 Å². The molecule has 0 radical (unpaired) electrons. The second kappa shape index (κ2) is 5.34. The van der Waals surface area contributed by atoms with Gasteiger partial charge in [0, 0.05) is 3.57 Å². The van der Waals surface area contributed by atoms with Gasteiger partial charge in [-0.2, -0.15) is 5.26 Å². The fourth-order valence-electron chi connectivity index (χ4n) is 2.41. The first-order valence-electron chi connectivity index (χ1n) is 6.21. The van der Waals surface area contributed by atoms with Crippen LogP contribution in [0.25, 0.3) is 0 Å². The van der Waals surface area contributed by atoms with E-state index in [-0.39, 0.29) is 22.9 Å². The van der Waals surface area contributed by atoms with Crippen LogP contribution in [0.3, 0.4) is 0 Å². The summed E-state index contributed by atoms with van der Waals surface area (Å²) in [5.41, 5.74) is 5.47. The highest BCUT2D eigenvalue weighted by atomic mass is 127. The zero-order valence-corrected chi connectivity index (χ0v) is 13.2. The molecule has 3 rings (SSSR count). The summed E-state index contributed by atoms with van der Waals surface area (Å²) in [6.07, 6.45) is 0. The van der Waals surface area contributed by atoms with Crippen molar-refractivity contribution in [3.05, 3.63) is 71.3 Å². The Morgan fingerprint density at radius 2 is 2.09 bits per heavy atom. The summed E-state index contributed by atoms with van der Waals surface area (Å²) < 4.78 is 6.18. The van der Waals surface area contributed by atoms with Crippen LogP contribution in [0, 0.1) is 14.9 Å². The largest absolute Gasteiger partial charge is 0.424 e. The fourth-order valence-corrected chi connectivity index (χ4v) is 2.98. The standard InChI is InChI=1S/C14H9IN4O3/c15-7-3-1-2-6(4-7)9-8(5-16)11(17)22-13-10(9)12(20)18-14(21)19-13/h1-4,9H,17H2,(H2,18,19,20,21). The third kappa shape index (κ3) is 2.29. The fraction of sp³-hybridized carbons (Fsp3) is 0.0714. The van der Waals surface area contributed by atoms with Crippen molar-refractivity contribution in [2.75, 3.05) is 0 Å². The molecule has 22 heavy (non-hydrogen) atoms. The van der Waals surface area contributed by atoms with E-state index < -0.39 is 17.2 Å². The number of nitrogens with two attached hydrogens (primary N) is 1. The van der Waals surface area contributed by atoms with Crippen molar-refractivity contribution in [1.82, 2.24) is 9.97 Å². The normalized spacial score (nSPS) is 16.6. The summed E-state index contributed by atoms with van der Waals surface area (Å²) in [6, 6.07) is 9.32. The number of hydrogen-bond donors (Lipinski definition) is 3. The van der Waals surface area contributed by atoms with Crippen LogP contribution in [0.4, 0.5) is 0 Å². The molecule has 0 amide bonds. The number of ether oxygens (including phenoxy) is 1. The Balaban J connectivity index is 2.34. The molecule has 110 valence electrons. The molecule has 1 aliphatic rings. The SMILES string of the molecule is N#CC1=C(N)Oc2[nH]c(=O)[nH]c(=O)c2C1c1cccc(I)c1. The quantitative estimate of drug-likeness (QED) is 0.605. The van der Waals surface area contributed by atoms with Crippen LogP contribution >= 0.6 is 22.6 Å². The zero-order chi connectivity index (χ0) is 15.9. The average Bonchev–Trinajstić information content (AvgIpc) is 2.45. The van der Waals surface area contributed by atoms with Crippen LogP contribution in [0.2, 0.25) is 0 Å². The maximum Gasteiger partial charge on any atom is 0.328 e. The van der Waals surface area contributed by atoms with Crippen molar-refractivity contribution in [2.45, 2.75) is 5.92 Å². The Hall–Kier alpha value is -2.54. The third-order valence-corrected chi connectivity index (χ3v) is 3.97. The van der Waals surface area contributed by atoms with Gasteiger partial charge in [0.15, 0.2) is 0 Å². The van der Waals surface area contributed by atoms with Gasteiger partial charge >= 0.3 is 5.69 Å². The number of benzene rings is 1. The second-order valence-electron chi connectivity index (χ2n) is 4.63. The van der Waals surface area contributed by atoms with Crippen molar-refractivity contribution < 1.29 is 4.74 Å². The molecule has 1 aromatic carbocycles. The van der Waals surface area contributed by atoms with E-state index in [9.17, 15) is 14.9 Å². The highest BCUT2D eigenvalue weighted by Crippen LogP contribution is 2.38. The molecule has 0 bridgehead atoms. The van der Waals surface area contributed by atoms with E-state index in [2.05, 4.69) is 32.6 Å². The summed E-state index contributed by atoms with van der Waals surface area (Å²) >= 11 is 2.13. The number of rotatable bonds is 1. The molecule has 2 aromatic rings.